The molecule has 1 aliphatic carbocycles. The molecule has 1 atom stereocenters. The molecule has 0 N–H and O–H groups in total. The van der Waals surface area contributed by atoms with Gasteiger partial charge in [0, 0.05) is 96.0 Å². The summed E-state index contributed by atoms with van der Waals surface area (Å²) in [6.45, 7) is 15.3. The molecule has 0 spiro atoms. The van der Waals surface area contributed by atoms with Gasteiger partial charge in [0.05, 0.1) is 18.9 Å². The lowest BCUT2D eigenvalue weighted by Gasteiger charge is -2.40. The van der Waals surface area contributed by atoms with Gasteiger partial charge in [0.25, 0.3) is 0 Å². The lowest BCUT2D eigenvalue weighted by Crippen LogP contribution is -2.38. The molecule has 292 valence electrons. The standard InChI is InChI=1S/C40H70N4O7/c1-39(2,3)51-38(45)43(5)20-19-42(4)28-35-29-44(36-8-6-7-21-50-36)41-37(35)34-9-17-40(18-10-34,30-48-26-15-32-11-22-46-23-12-32)31-49-27-16-33-13-24-47-25-14-33/h29,32-34,36H,6-28,30-31H2,1-5H3. The summed E-state index contributed by atoms with van der Waals surface area (Å²) in [5, 5.41) is 5.27. The van der Waals surface area contributed by atoms with Crippen molar-refractivity contribution in [3.63, 3.8) is 0 Å². The Morgan fingerprint density at radius 2 is 1.47 bits per heavy atom. The molecule has 51 heavy (non-hydrogen) atoms. The van der Waals surface area contributed by atoms with Crippen molar-refractivity contribution < 1.29 is 33.2 Å². The maximum Gasteiger partial charge on any atom is 0.410 e. The van der Waals surface area contributed by atoms with Crippen molar-refractivity contribution in [2.24, 2.45) is 17.3 Å². The highest BCUT2D eigenvalue weighted by molar-refractivity contribution is 5.67. The second-order valence-corrected chi connectivity index (χ2v) is 17.0. The smallest absolute Gasteiger partial charge is 0.410 e. The Bertz CT molecular complexity index is 1120. The first kappa shape index (κ1) is 40.4. The van der Waals surface area contributed by atoms with Crippen LogP contribution in [0.1, 0.15) is 128 Å². The lowest BCUT2D eigenvalue weighted by molar-refractivity contribution is -0.0532. The van der Waals surface area contributed by atoms with Gasteiger partial charge in [-0.3, -0.25) is 0 Å². The fourth-order valence-corrected chi connectivity index (χ4v) is 8.09. The third-order valence-corrected chi connectivity index (χ3v) is 11.5. The molecule has 1 saturated carbocycles. The molecule has 4 heterocycles. The van der Waals surface area contributed by atoms with Crippen LogP contribution in [0.25, 0.3) is 0 Å². The topological polar surface area (TPSA) is 96.8 Å². The number of hydrogen-bond donors (Lipinski definition) is 0. The van der Waals surface area contributed by atoms with Crippen molar-refractivity contribution in [1.82, 2.24) is 19.6 Å². The van der Waals surface area contributed by atoms with Gasteiger partial charge in [-0.1, -0.05) is 0 Å². The molecule has 4 aliphatic rings. The summed E-state index contributed by atoms with van der Waals surface area (Å²) in [5.74, 6) is 1.83. The van der Waals surface area contributed by atoms with E-state index in [2.05, 4.69) is 22.8 Å². The molecule has 1 aromatic heterocycles. The van der Waals surface area contributed by atoms with Gasteiger partial charge in [-0.05, 0) is 123 Å². The van der Waals surface area contributed by atoms with Gasteiger partial charge in [-0.2, -0.15) is 5.10 Å². The van der Waals surface area contributed by atoms with E-state index in [1.807, 2.05) is 27.8 Å². The Labute approximate surface area is 308 Å². The Balaban J connectivity index is 1.20. The van der Waals surface area contributed by atoms with E-state index >= 15 is 0 Å². The lowest BCUT2D eigenvalue weighted by atomic mass is 9.70. The monoisotopic (exact) mass is 719 g/mol. The summed E-state index contributed by atoms with van der Waals surface area (Å²) in [7, 11) is 3.94. The number of likely N-dealkylation sites (N-methyl/N-ethyl adjacent to an activating group) is 2. The second-order valence-electron chi connectivity index (χ2n) is 17.0. The Hall–Kier alpha value is -1.76. The van der Waals surface area contributed by atoms with Gasteiger partial charge in [-0.25, -0.2) is 9.48 Å². The Morgan fingerprint density at radius 1 is 0.863 bits per heavy atom. The number of carbonyl (C=O) groups is 1. The van der Waals surface area contributed by atoms with E-state index < -0.39 is 5.60 Å². The third-order valence-electron chi connectivity index (χ3n) is 11.5. The van der Waals surface area contributed by atoms with E-state index in [-0.39, 0.29) is 17.7 Å². The predicted molar refractivity (Wildman–Crippen MR) is 198 cm³/mol. The summed E-state index contributed by atoms with van der Waals surface area (Å²) in [6, 6.07) is 0. The van der Waals surface area contributed by atoms with Crippen LogP contribution in [0, 0.1) is 17.3 Å². The second kappa shape index (κ2) is 20.1. The summed E-state index contributed by atoms with van der Waals surface area (Å²) in [5.41, 5.74) is 2.02. The molecule has 0 aromatic carbocycles. The number of rotatable bonds is 17. The molecular formula is C40H70N4O7. The zero-order chi connectivity index (χ0) is 36.1. The molecule has 1 aromatic rings. The van der Waals surface area contributed by atoms with Gasteiger partial charge in [0.1, 0.15) is 11.8 Å². The highest BCUT2D eigenvalue weighted by atomic mass is 16.6. The van der Waals surface area contributed by atoms with Gasteiger partial charge >= 0.3 is 6.09 Å². The summed E-state index contributed by atoms with van der Waals surface area (Å²) in [6.07, 6.45) is 16.4. The number of hydrogen-bond acceptors (Lipinski definition) is 9. The minimum Gasteiger partial charge on any atom is -0.444 e. The van der Waals surface area contributed by atoms with Crippen LogP contribution in [0.5, 0.6) is 0 Å². The van der Waals surface area contributed by atoms with E-state index in [0.29, 0.717) is 12.5 Å². The van der Waals surface area contributed by atoms with E-state index in [1.54, 1.807) is 4.90 Å². The van der Waals surface area contributed by atoms with Crippen LogP contribution in [0.4, 0.5) is 4.79 Å². The number of aromatic nitrogens is 2. The largest absolute Gasteiger partial charge is 0.444 e. The predicted octanol–water partition coefficient (Wildman–Crippen LogP) is 7.19. The molecule has 3 aliphatic heterocycles. The zero-order valence-corrected chi connectivity index (χ0v) is 32.7. The Kier molecular flexibility index (Phi) is 15.9. The highest BCUT2D eigenvalue weighted by Gasteiger charge is 2.38. The maximum absolute atomic E-state index is 12.6. The van der Waals surface area contributed by atoms with E-state index in [0.717, 1.165) is 161 Å². The van der Waals surface area contributed by atoms with Crippen molar-refractivity contribution in [1.29, 1.82) is 0 Å². The van der Waals surface area contributed by atoms with Crippen LogP contribution >= 0.6 is 0 Å². The number of carbonyl (C=O) groups excluding carboxylic acids is 1. The van der Waals surface area contributed by atoms with E-state index in [4.69, 9.17) is 33.5 Å². The van der Waals surface area contributed by atoms with E-state index in [9.17, 15) is 4.79 Å². The first-order valence-corrected chi connectivity index (χ1v) is 20.2. The minimum absolute atomic E-state index is 0.00536. The average Bonchev–Trinajstić information content (AvgIpc) is 3.55. The average molecular weight is 719 g/mol. The minimum atomic E-state index is -0.507. The van der Waals surface area contributed by atoms with Crippen molar-refractivity contribution in [3.05, 3.63) is 17.5 Å². The normalized spacial score (nSPS) is 22.7. The zero-order valence-electron chi connectivity index (χ0n) is 32.7. The molecule has 11 nitrogen and oxygen atoms in total. The van der Waals surface area contributed by atoms with Crippen molar-refractivity contribution in [2.45, 2.75) is 129 Å². The van der Waals surface area contributed by atoms with Crippen molar-refractivity contribution >= 4 is 6.09 Å². The van der Waals surface area contributed by atoms with Gasteiger partial charge < -0.3 is 38.2 Å². The van der Waals surface area contributed by atoms with E-state index in [1.165, 1.54) is 17.7 Å². The van der Waals surface area contributed by atoms with Crippen LogP contribution in [-0.2, 0) is 35.0 Å². The quantitative estimate of drug-likeness (QED) is 0.155. The number of nitrogens with zero attached hydrogens (tertiary/aromatic N) is 4. The van der Waals surface area contributed by atoms with Crippen molar-refractivity contribution in [3.8, 4) is 0 Å². The SMILES string of the molecule is CN(CCN(C)C(=O)OC(C)(C)C)Cc1cn(C2CCCCO2)nc1C1CCC(COCCC2CCOCC2)(COCCC2CCOCC2)CC1. The molecular weight excluding hydrogens is 648 g/mol. The summed E-state index contributed by atoms with van der Waals surface area (Å²) in [4.78, 5) is 16.5. The molecule has 5 rings (SSSR count). The van der Waals surface area contributed by atoms with Crippen LogP contribution < -0.4 is 0 Å². The molecule has 1 unspecified atom stereocenters. The molecule has 0 radical (unpaired) electrons. The number of ether oxygens (including phenoxy) is 6. The number of amides is 1. The van der Waals surface area contributed by atoms with Crippen LogP contribution in [0.3, 0.4) is 0 Å². The molecule has 4 fully saturated rings. The molecule has 1 amide bonds. The molecule has 0 bridgehead atoms. The van der Waals surface area contributed by atoms with Gasteiger partial charge in [0.15, 0.2) is 0 Å². The van der Waals surface area contributed by atoms with Gasteiger partial charge in [-0.15, -0.1) is 0 Å². The van der Waals surface area contributed by atoms with Crippen molar-refractivity contribution in [2.75, 3.05) is 86.6 Å². The van der Waals surface area contributed by atoms with Crippen LogP contribution in [0.2, 0.25) is 0 Å². The molecule has 3 saturated heterocycles. The summed E-state index contributed by atoms with van der Waals surface area (Å²) < 4.78 is 38.0. The van der Waals surface area contributed by atoms with Crippen LogP contribution in [0.15, 0.2) is 6.20 Å². The fourth-order valence-electron chi connectivity index (χ4n) is 8.09. The van der Waals surface area contributed by atoms with Crippen LogP contribution in [-0.4, -0.2) is 118 Å². The highest BCUT2D eigenvalue weighted by Crippen LogP contribution is 2.44. The first-order valence-electron chi connectivity index (χ1n) is 20.2. The van der Waals surface area contributed by atoms with Gasteiger partial charge in [0.2, 0.25) is 0 Å². The first-order chi connectivity index (χ1) is 24.6. The summed E-state index contributed by atoms with van der Waals surface area (Å²) >= 11 is 0. The maximum atomic E-state index is 12.6. The fraction of sp³-hybridized carbons (Fsp3) is 0.900. The Morgan fingerprint density at radius 3 is 2.02 bits per heavy atom. The third kappa shape index (κ3) is 13.2. The molecule has 11 heteroatoms.